The van der Waals surface area contributed by atoms with Crippen LogP contribution in [0, 0.1) is 0 Å². The van der Waals surface area contributed by atoms with Crippen LogP contribution in [-0.4, -0.2) is 72.2 Å². The van der Waals surface area contributed by atoms with Crippen LogP contribution in [0.2, 0.25) is 0 Å². The Morgan fingerprint density at radius 2 is 2.00 bits per heavy atom. The summed E-state index contributed by atoms with van der Waals surface area (Å²) in [6, 6.07) is 5.22. The van der Waals surface area contributed by atoms with Gasteiger partial charge < -0.3 is 9.64 Å². The molecule has 7 nitrogen and oxygen atoms in total. The van der Waals surface area contributed by atoms with Crippen molar-refractivity contribution in [1.29, 1.82) is 0 Å². The number of nitrogens with one attached hydrogen (secondary N) is 1. The van der Waals surface area contributed by atoms with Crippen LogP contribution in [0.5, 0.6) is 0 Å². The molecule has 0 spiro atoms. The number of amides is 3. The number of hydrogen-bond donors (Lipinski definition) is 1. The summed E-state index contributed by atoms with van der Waals surface area (Å²) >= 11 is 1.76. The van der Waals surface area contributed by atoms with E-state index in [1.807, 2.05) is 18.2 Å². The number of rotatable bonds is 5. The Morgan fingerprint density at radius 3 is 2.78 bits per heavy atom. The number of imide groups is 1. The van der Waals surface area contributed by atoms with Crippen LogP contribution in [-0.2, 0) is 20.9 Å². The molecule has 144 valence electrons. The van der Waals surface area contributed by atoms with Crippen LogP contribution in [0.15, 0.2) is 23.1 Å². The van der Waals surface area contributed by atoms with Crippen molar-refractivity contribution in [2.24, 2.45) is 0 Å². The number of nitrogens with zero attached hydrogens (tertiary/aromatic N) is 2. The molecule has 0 radical (unpaired) electrons. The summed E-state index contributed by atoms with van der Waals surface area (Å²) in [5, 5.41) is 2.35. The van der Waals surface area contributed by atoms with Gasteiger partial charge in [0.15, 0.2) is 0 Å². The van der Waals surface area contributed by atoms with Crippen molar-refractivity contribution in [3.05, 3.63) is 29.3 Å². The maximum Gasteiger partial charge on any atom is 0.255 e. The van der Waals surface area contributed by atoms with E-state index in [1.165, 1.54) is 0 Å². The molecule has 0 aliphatic carbocycles. The van der Waals surface area contributed by atoms with Gasteiger partial charge in [-0.1, -0.05) is 6.07 Å². The Hall–Kier alpha value is -1.90. The molecular weight excluding hydrogens is 366 g/mol. The molecule has 0 bridgehead atoms. The highest BCUT2D eigenvalue weighted by Crippen LogP contribution is 2.34. The summed E-state index contributed by atoms with van der Waals surface area (Å²) in [5.41, 5.74) is 1.68. The number of morpholine rings is 1. The van der Waals surface area contributed by atoms with Gasteiger partial charge in [0.2, 0.25) is 11.8 Å². The SMILES string of the molecule is O=C1CCC(N2Cc3c(SCCN4CCOCC4)cccc3C2=O)C(=O)N1. The summed E-state index contributed by atoms with van der Waals surface area (Å²) in [4.78, 5) is 41.5. The lowest BCUT2D eigenvalue weighted by Gasteiger charge is -2.29. The fourth-order valence-electron chi connectivity index (χ4n) is 3.80. The Balaban J connectivity index is 1.42. The van der Waals surface area contributed by atoms with E-state index < -0.39 is 6.04 Å². The Morgan fingerprint density at radius 1 is 1.19 bits per heavy atom. The molecule has 1 aromatic rings. The molecule has 0 aromatic heterocycles. The van der Waals surface area contributed by atoms with E-state index >= 15 is 0 Å². The average Bonchev–Trinajstić information content (AvgIpc) is 3.00. The number of fused-ring (bicyclic) bond motifs is 1. The summed E-state index contributed by atoms with van der Waals surface area (Å²) < 4.78 is 5.38. The topological polar surface area (TPSA) is 79.0 Å². The first-order valence-electron chi connectivity index (χ1n) is 9.33. The molecule has 1 aromatic carbocycles. The number of ether oxygens (including phenoxy) is 1. The van der Waals surface area contributed by atoms with Crippen LogP contribution >= 0.6 is 11.8 Å². The van der Waals surface area contributed by atoms with Gasteiger partial charge in [-0.15, -0.1) is 11.8 Å². The van der Waals surface area contributed by atoms with Gasteiger partial charge in [-0.3, -0.25) is 24.6 Å². The highest BCUT2D eigenvalue weighted by molar-refractivity contribution is 7.99. The van der Waals surface area contributed by atoms with Crippen LogP contribution < -0.4 is 5.32 Å². The van der Waals surface area contributed by atoms with E-state index in [0.29, 0.717) is 18.5 Å². The molecule has 2 fully saturated rings. The van der Waals surface area contributed by atoms with Gasteiger partial charge in [-0.2, -0.15) is 0 Å². The number of piperidine rings is 1. The molecule has 3 aliphatic rings. The first kappa shape index (κ1) is 18.5. The molecule has 4 rings (SSSR count). The minimum atomic E-state index is -0.561. The maximum atomic E-state index is 12.8. The normalized spacial score (nSPS) is 23.5. The van der Waals surface area contributed by atoms with Gasteiger partial charge in [-0.05, 0) is 24.1 Å². The lowest BCUT2D eigenvalue weighted by molar-refractivity contribution is -0.136. The van der Waals surface area contributed by atoms with Crippen molar-refractivity contribution >= 4 is 29.5 Å². The van der Waals surface area contributed by atoms with E-state index in [9.17, 15) is 14.4 Å². The lowest BCUT2D eigenvalue weighted by Crippen LogP contribution is -2.52. The van der Waals surface area contributed by atoms with Crippen molar-refractivity contribution < 1.29 is 19.1 Å². The van der Waals surface area contributed by atoms with Gasteiger partial charge >= 0.3 is 0 Å². The zero-order valence-corrected chi connectivity index (χ0v) is 15.9. The molecule has 27 heavy (non-hydrogen) atoms. The van der Waals surface area contributed by atoms with E-state index in [0.717, 1.165) is 49.1 Å². The van der Waals surface area contributed by atoms with Gasteiger partial charge in [-0.25, -0.2) is 0 Å². The first-order chi connectivity index (χ1) is 13.1. The standard InChI is InChI=1S/C19H23N3O4S/c23-17-5-4-15(18(24)20-17)22-12-14-13(19(22)25)2-1-3-16(14)27-11-8-21-6-9-26-10-7-21/h1-3,15H,4-12H2,(H,20,23,24). The molecule has 0 saturated carbocycles. The number of carbonyl (C=O) groups is 3. The predicted octanol–water partition coefficient (Wildman–Crippen LogP) is 0.872. The molecule has 3 aliphatic heterocycles. The zero-order valence-electron chi connectivity index (χ0n) is 15.1. The largest absolute Gasteiger partial charge is 0.379 e. The quantitative estimate of drug-likeness (QED) is 0.595. The second-order valence-electron chi connectivity index (χ2n) is 6.98. The molecule has 1 N–H and O–H groups in total. The molecule has 1 unspecified atom stereocenters. The molecule has 3 amide bonds. The molecule has 8 heteroatoms. The molecule has 1 atom stereocenters. The second kappa shape index (κ2) is 8.00. The fraction of sp³-hybridized carbons (Fsp3) is 0.526. The molecule has 3 heterocycles. The third-order valence-electron chi connectivity index (χ3n) is 5.31. The van der Waals surface area contributed by atoms with Crippen LogP contribution in [0.3, 0.4) is 0 Å². The van der Waals surface area contributed by atoms with E-state index in [-0.39, 0.29) is 24.1 Å². The summed E-state index contributed by atoms with van der Waals surface area (Å²) in [5.74, 6) is 0.201. The van der Waals surface area contributed by atoms with E-state index in [1.54, 1.807) is 16.7 Å². The lowest BCUT2D eigenvalue weighted by atomic mass is 10.0. The summed E-state index contributed by atoms with van der Waals surface area (Å²) in [6.07, 6.45) is 0.668. The fourth-order valence-corrected chi connectivity index (χ4v) is 4.89. The van der Waals surface area contributed by atoms with Gasteiger partial charge in [0.1, 0.15) is 6.04 Å². The predicted molar refractivity (Wildman–Crippen MR) is 100 cm³/mol. The van der Waals surface area contributed by atoms with E-state index in [2.05, 4.69) is 10.2 Å². The number of carbonyl (C=O) groups excluding carboxylic acids is 3. The van der Waals surface area contributed by atoms with Gasteiger partial charge in [0, 0.05) is 48.8 Å². The van der Waals surface area contributed by atoms with Crippen molar-refractivity contribution in [1.82, 2.24) is 15.1 Å². The minimum Gasteiger partial charge on any atom is -0.379 e. The van der Waals surface area contributed by atoms with Crippen LogP contribution in [0.4, 0.5) is 0 Å². The van der Waals surface area contributed by atoms with Gasteiger partial charge in [0.05, 0.1) is 13.2 Å². The van der Waals surface area contributed by atoms with Crippen molar-refractivity contribution in [3.8, 4) is 0 Å². The Labute approximate surface area is 162 Å². The Kier molecular flexibility index (Phi) is 5.47. The molecule has 2 saturated heterocycles. The first-order valence-corrected chi connectivity index (χ1v) is 10.3. The van der Waals surface area contributed by atoms with Gasteiger partial charge in [0.25, 0.3) is 5.91 Å². The zero-order chi connectivity index (χ0) is 18.8. The van der Waals surface area contributed by atoms with Crippen molar-refractivity contribution in [3.63, 3.8) is 0 Å². The maximum absolute atomic E-state index is 12.8. The van der Waals surface area contributed by atoms with Crippen molar-refractivity contribution in [2.45, 2.75) is 30.3 Å². The highest BCUT2D eigenvalue weighted by atomic mass is 32.2. The third-order valence-corrected chi connectivity index (χ3v) is 6.39. The average molecular weight is 389 g/mol. The Bertz CT molecular complexity index is 763. The smallest absolute Gasteiger partial charge is 0.255 e. The second-order valence-corrected chi connectivity index (χ2v) is 8.12. The monoisotopic (exact) mass is 389 g/mol. The van der Waals surface area contributed by atoms with Crippen molar-refractivity contribution in [2.75, 3.05) is 38.6 Å². The molecular formula is C19H23N3O4S. The van der Waals surface area contributed by atoms with E-state index in [4.69, 9.17) is 4.74 Å². The third kappa shape index (κ3) is 3.88. The number of benzene rings is 1. The van der Waals surface area contributed by atoms with Crippen LogP contribution in [0.25, 0.3) is 0 Å². The minimum absolute atomic E-state index is 0.116. The summed E-state index contributed by atoms with van der Waals surface area (Å²) in [7, 11) is 0. The highest BCUT2D eigenvalue weighted by Gasteiger charge is 2.39. The summed E-state index contributed by atoms with van der Waals surface area (Å²) in [6.45, 7) is 4.94. The van der Waals surface area contributed by atoms with Crippen LogP contribution in [0.1, 0.15) is 28.8 Å². The number of hydrogen-bond acceptors (Lipinski definition) is 6. The number of thioether (sulfide) groups is 1.